The second kappa shape index (κ2) is 6.65. The fourth-order valence-corrected chi connectivity index (χ4v) is 4.14. The average molecular weight is 320 g/mol. The van der Waals surface area contributed by atoms with Gasteiger partial charge in [0.1, 0.15) is 18.1 Å². The first-order valence-electron chi connectivity index (χ1n) is 8.54. The maximum atomic E-state index is 11.7. The lowest BCUT2D eigenvalue weighted by Gasteiger charge is -2.28. The molecule has 2 aliphatic rings. The number of aryl methyl sites for hydroxylation is 1. The largest absolute Gasteiger partial charge is 0.465 e. The highest BCUT2D eigenvalue weighted by Gasteiger charge is 2.49. The lowest BCUT2D eigenvalue weighted by molar-refractivity contribution is -0.135. The molecule has 0 unspecified atom stereocenters. The molecule has 1 amide bonds. The van der Waals surface area contributed by atoms with Crippen molar-refractivity contribution in [2.24, 2.45) is 11.3 Å². The minimum absolute atomic E-state index is 0.0388. The zero-order chi connectivity index (χ0) is 16.4. The van der Waals surface area contributed by atoms with Crippen molar-refractivity contribution in [3.8, 4) is 0 Å². The van der Waals surface area contributed by atoms with Gasteiger partial charge in [0.25, 0.3) is 0 Å². The van der Waals surface area contributed by atoms with E-state index in [-0.39, 0.29) is 17.9 Å². The maximum Gasteiger partial charge on any atom is 0.248 e. The van der Waals surface area contributed by atoms with Gasteiger partial charge in [-0.15, -0.1) is 0 Å². The van der Waals surface area contributed by atoms with Crippen LogP contribution in [0.25, 0.3) is 0 Å². The Kier molecular flexibility index (Phi) is 4.78. The molecular weight excluding hydrogens is 292 g/mol. The minimum Gasteiger partial charge on any atom is -0.465 e. The molecule has 1 saturated heterocycles. The third kappa shape index (κ3) is 3.61. The molecule has 5 heteroatoms. The highest BCUT2D eigenvalue weighted by molar-refractivity contribution is 5.76. The quantitative estimate of drug-likeness (QED) is 0.807. The van der Waals surface area contributed by atoms with E-state index in [9.17, 15) is 4.79 Å². The van der Waals surface area contributed by atoms with Crippen molar-refractivity contribution in [3.63, 3.8) is 0 Å². The first kappa shape index (κ1) is 16.5. The predicted octanol–water partition coefficient (Wildman–Crippen LogP) is 2.29. The molecule has 3 rings (SSSR count). The molecule has 1 aliphatic carbocycles. The number of carbonyl (C=O) groups is 1. The van der Waals surface area contributed by atoms with Gasteiger partial charge in [-0.1, -0.05) is 6.42 Å². The molecule has 0 bridgehead atoms. The van der Waals surface area contributed by atoms with Gasteiger partial charge in [-0.25, -0.2) is 0 Å². The molecule has 0 aromatic carbocycles. The Bertz CT molecular complexity index is 554. The van der Waals surface area contributed by atoms with Crippen LogP contribution in [-0.2, 0) is 16.1 Å². The molecule has 1 aliphatic heterocycles. The van der Waals surface area contributed by atoms with Gasteiger partial charge in [0.15, 0.2) is 0 Å². The monoisotopic (exact) mass is 320 g/mol. The van der Waals surface area contributed by atoms with Gasteiger partial charge in [0.2, 0.25) is 5.91 Å². The van der Waals surface area contributed by atoms with Crippen LogP contribution in [0.15, 0.2) is 16.5 Å². The fraction of sp³-hybridized carbons (Fsp3) is 0.722. The Hall–Kier alpha value is -1.33. The first-order valence-corrected chi connectivity index (χ1v) is 8.54. The smallest absolute Gasteiger partial charge is 0.248 e. The van der Waals surface area contributed by atoms with Crippen molar-refractivity contribution in [1.82, 2.24) is 9.80 Å². The van der Waals surface area contributed by atoms with Gasteiger partial charge in [0, 0.05) is 32.6 Å². The van der Waals surface area contributed by atoms with Crippen molar-refractivity contribution in [1.29, 1.82) is 0 Å². The summed E-state index contributed by atoms with van der Waals surface area (Å²) in [6.07, 6.45) is 3.77. The first-order chi connectivity index (χ1) is 11.0. The van der Waals surface area contributed by atoms with E-state index in [1.54, 1.807) is 19.0 Å². The number of rotatable bonds is 6. The molecule has 2 heterocycles. The average Bonchev–Trinajstić information content (AvgIpc) is 3.13. The third-order valence-electron chi connectivity index (χ3n) is 5.40. The van der Waals surface area contributed by atoms with Gasteiger partial charge in [0.05, 0.1) is 13.2 Å². The number of amides is 1. The summed E-state index contributed by atoms with van der Waals surface area (Å²) >= 11 is 0. The van der Waals surface area contributed by atoms with Crippen LogP contribution in [0.1, 0.15) is 30.8 Å². The van der Waals surface area contributed by atoms with Crippen LogP contribution in [0.3, 0.4) is 0 Å². The predicted molar refractivity (Wildman–Crippen MR) is 88.0 cm³/mol. The lowest BCUT2D eigenvalue weighted by Crippen LogP contribution is -2.34. The Balaban J connectivity index is 1.56. The van der Waals surface area contributed by atoms with Gasteiger partial charge in [-0.3, -0.25) is 9.69 Å². The highest BCUT2D eigenvalue weighted by atomic mass is 16.5. The van der Waals surface area contributed by atoms with E-state index < -0.39 is 0 Å². The number of likely N-dealkylation sites (tertiary alicyclic amines) is 1. The topological polar surface area (TPSA) is 45.9 Å². The summed E-state index contributed by atoms with van der Waals surface area (Å²) in [5, 5.41) is 0. The fourth-order valence-electron chi connectivity index (χ4n) is 4.14. The molecule has 1 aromatic rings. The van der Waals surface area contributed by atoms with E-state index in [2.05, 4.69) is 11.0 Å². The maximum absolute atomic E-state index is 11.7. The minimum atomic E-state index is 0.0388. The number of nitrogens with zero attached hydrogens (tertiary/aromatic N) is 2. The summed E-state index contributed by atoms with van der Waals surface area (Å²) in [5.41, 5.74) is 0.230. The zero-order valence-electron chi connectivity index (χ0n) is 14.5. The van der Waals surface area contributed by atoms with Crippen molar-refractivity contribution in [3.05, 3.63) is 23.7 Å². The lowest BCUT2D eigenvalue weighted by atomic mass is 9.81. The molecule has 2 fully saturated rings. The molecule has 23 heavy (non-hydrogen) atoms. The van der Waals surface area contributed by atoms with Gasteiger partial charge >= 0.3 is 0 Å². The van der Waals surface area contributed by atoms with Crippen LogP contribution in [0, 0.1) is 18.3 Å². The normalized spacial score (nSPS) is 27.3. The van der Waals surface area contributed by atoms with Crippen LogP contribution in [0.4, 0.5) is 0 Å². The molecule has 1 aromatic heterocycles. The van der Waals surface area contributed by atoms with Crippen molar-refractivity contribution < 1.29 is 13.9 Å². The van der Waals surface area contributed by atoms with E-state index in [1.807, 2.05) is 13.0 Å². The van der Waals surface area contributed by atoms with Gasteiger partial charge in [-0.2, -0.15) is 0 Å². The van der Waals surface area contributed by atoms with Crippen LogP contribution < -0.4 is 0 Å². The van der Waals surface area contributed by atoms with Gasteiger partial charge < -0.3 is 14.1 Å². The summed E-state index contributed by atoms with van der Waals surface area (Å²) in [6.45, 7) is 5.92. The van der Waals surface area contributed by atoms with Crippen molar-refractivity contribution in [2.45, 2.75) is 32.7 Å². The molecule has 1 saturated carbocycles. The number of hydrogen-bond acceptors (Lipinski definition) is 4. The standard InChI is InChI=1S/C18H28N2O3/c1-14-6-7-16(23-14)10-20-9-15-5-4-8-18(15,12-20)13-22-11-17(21)19(2)3/h6-7,15H,4-5,8-13H2,1-3H3/t15-,18+/m1/s1. The SMILES string of the molecule is Cc1ccc(CN2C[C@H]3CCC[C@@]3(COCC(=O)N(C)C)C2)o1. The second-order valence-corrected chi connectivity index (χ2v) is 7.41. The van der Waals surface area contributed by atoms with Crippen LogP contribution in [0.5, 0.6) is 0 Å². The molecular formula is C18H28N2O3. The Morgan fingerprint density at radius 3 is 3.00 bits per heavy atom. The van der Waals surface area contributed by atoms with Crippen LogP contribution in [0.2, 0.25) is 0 Å². The molecule has 128 valence electrons. The Labute approximate surface area is 138 Å². The number of fused-ring (bicyclic) bond motifs is 1. The van der Waals surface area contributed by atoms with E-state index in [0.29, 0.717) is 12.5 Å². The van der Waals surface area contributed by atoms with E-state index in [1.165, 1.54) is 19.3 Å². The molecule has 0 spiro atoms. The Morgan fingerprint density at radius 1 is 1.48 bits per heavy atom. The highest BCUT2D eigenvalue weighted by Crippen LogP contribution is 2.49. The van der Waals surface area contributed by atoms with E-state index in [4.69, 9.17) is 9.15 Å². The molecule has 2 atom stereocenters. The number of furan rings is 1. The molecule has 5 nitrogen and oxygen atoms in total. The summed E-state index contributed by atoms with van der Waals surface area (Å²) < 4.78 is 11.5. The van der Waals surface area contributed by atoms with E-state index in [0.717, 1.165) is 31.2 Å². The second-order valence-electron chi connectivity index (χ2n) is 7.41. The van der Waals surface area contributed by atoms with E-state index >= 15 is 0 Å². The summed E-state index contributed by atoms with van der Waals surface area (Å²) in [5.74, 6) is 2.74. The molecule has 0 radical (unpaired) electrons. The van der Waals surface area contributed by atoms with Gasteiger partial charge in [-0.05, 0) is 37.8 Å². The Morgan fingerprint density at radius 2 is 2.30 bits per heavy atom. The summed E-state index contributed by atoms with van der Waals surface area (Å²) in [4.78, 5) is 15.8. The van der Waals surface area contributed by atoms with Crippen molar-refractivity contribution >= 4 is 5.91 Å². The number of likely N-dealkylation sites (N-methyl/N-ethyl adjacent to an activating group) is 1. The number of carbonyl (C=O) groups excluding carboxylic acids is 1. The zero-order valence-corrected chi connectivity index (χ0v) is 14.5. The summed E-state index contributed by atoms with van der Waals surface area (Å²) in [7, 11) is 3.54. The third-order valence-corrected chi connectivity index (χ3v) is 5.40. The summed E-state index contributed by atoms with van der Waals surface area (Å²) in [6, 6.07) is 4.10. The molecule has 0 N–H and O–H groups in total. The number of hydrogen-bond donors (Lipinski definition) is 0. The van der Waals surface area contributed by atoms with Crippen LogP contribution >= 0.6 is 0 Å². The number of ether oxygens (including phenoxy) is 1. The van der Waals surface area contributed by atoms with Crippen LogP contribution in [-0.4, -0.2) is 56.1 Å². The van der Waals surface area contributed by atoms with Crippen molar-refractivity contribution in [2.75, 3.05) is 40.4 Å².